The summed E-state index contributed by atoms with van der Waals surface area (Å²) in [6, 6.07) is 5.08. The van der Waals surface area contributed by atoms with Gasteiger partial charge in [0.25, 0.3) is 0 Å². The minimum atomic E-state index is -0.482. The zero-order valence-electron chi connectivity index (χ0n) is 15.7. The van der Waals surface area contributed by atoms with Gasteiger partial charge in [-0.1, -0.05) is 50.1 Å². The number of hydrogen-bond acceptors (Lipinski definition) is 5. The molecule has 0 aliphatic heterocycles. The number of rotatable bonds is 7. The standard InChI is InChI=1S/C20H26ClN3O3/c1-2-26-20(25)16-9-10-17(22-19(16)21)24-13-11-18(23-24)27-14-12-15-7-5-3-4-6-8-15/h9-11,13,15H,2-8,12,14H2,1H3. The van der Waals surface area contributed by atoms with Gasteiger partial charge in [-0.25, -0.2) is 14.5 Å². The van der Waals surface area contributed by atoms with E-state index in [1.807, 2.05) is 6.07 Å². The van der Waals surface area contributed by atoms with Crippen molar-refractivity contribution in [2.45, 2.75) is 51.9 Å². The van der Waals surface area contributed by atoms with E-state index in [0.717, 1.165) is 12.3 Å². The summed E-state index contributed by atoms with van der Waals surface area (Å²) in [5.74, 6) is 1.37. The topological polar surface area (TPSA) is 66.2 Å². The van der Waals surface area contributed by atoms with E-state index in [2.05, 4.69) is 10.1 Å². The van der Waals surface area contributed by atoms with Gasteiger partial charge in [0, 0.05) is 12.3 Å². The number of carbonyl (C=O) groups is 1. The molecule has 0 saturated heterocycles. The molecule has 1 aliphatic carbocycles. The molecule has 1 fully saturated rings. The average molecular weight is 392 g/mol. The van der Waals surface area contributed by atoms with E-state index in [9.17, 15) is 4.79 Å². The van der Waals surface area contributed by atoms with Crippen molar-refractivity contribution in [3.63, 3.8) is 0 Å². The first-order valence-electron chi connectivity index (χ1n) is 9.70. The molecule has 6 nitrogen and oxygen atoms in total. The number of ether oxygens (including phenoxy) is 2. The summed E-state index contributed by atoms with van der Waals surface area (Å²) < 4.78 is 12.3. The van der Waals surface area contributed by atoms with Crippen molar-refractivity contribution in [1.82, 2.24) is 14.8 Å². The molecule has 0 bridgehead atoms. The van der Waals surface area contributed by atoms with Crippen molar-refractivity contribution >= 4 is 17.6 Å². The van der Waals surface area contributed by atoms with Gasteiger partial charge in [-0.3, -0.25) is 0 Å². The largest absolute Gasteiger partial charge is 0.477 e. The smallest absolute Gasteiger partial charge is 0.341 e. The predicted molar refractivity (Wildman–Crippen MR) is 104 cm³/mol. The van der Waals surface area contributed by atoms with Crippen molar-refractivity contribution in [3.05, 3.63) is 35.1 Å². The summed E-state index contributed by atoms with van der Waals surface area (Å²) in [6.45, 7) is 2.71. The van der Waals surface area contributed by atoms with Crippen LogP contribution in [-0.2, 0) is 4.74 Å². The second-order valence-corrected chi connectivity index (χ2v) is 7.18. The molecule has 0 N–H and O–H groups in total. The van der Waals surface area contributed by atoms with Crippen LogP contribution in [0.3, 0.4) is 0 Å². The Balaban J connectivity index is 1.57. The van der Waals surface area contributed by atoms with Crippen LogP contribution in [-0.4, -0.2) is 33.9 Å². The zero-order chi connectivity index (χ0) is 19.1. The van der Waals surface area contributed by atoms with E-state index in [0.29, 0.717) is 18.3 Å². The van der Waals surface area contributed by atoms with Gasteiger partial charge >= 0.3 is 5.97 Å². The van der Waals surface area contributed by atoms with Gasteiger partial charge in [0.15, 0.2) is 5.82 Å². The number of esters is 1. The van der Waals surface area contributed by atoms with Crippen molar-refractivity contribution in [3.8, 4) is 11.7 Å². The first kappa shape index (κ1) is 19.7. The summed E-state index contributed by atoms with van der Waals surface area (Å²) in [6.07, 6.45) is 10.9. The highest BCUT2D eigenvalue weighted by Gasteiger charge is 2.15. The Morgan fingerprint density at radius 3 is 2.70 bits per heavy atom. The van der Waals surface area contributed by atoms with Crippen LogP contribution in [0.2, 0.25) is 5.15 Å². The molecule has 27 heavy (non-hydrogen) atoms. The first-order chi connectivity index (χ1) is 13.2. The maximum atomic E-state index is 11.8. The number of carbonyl (C=O) groups excluding carboxylic acids is 1. The van der Waals surface area contributed by atoms with Crippen molar-refractivity contribution in [2.24, 2.45) is 5.92 Å². The molecule has 7 heteroatoms. The van der Waals surface area contributed by atoms with Gasteiger partial charge in [-0.2, -0.15) is 0 Å². The number of pyridine rings is 1. The highest BCUT2D eigenvalue weighted by Crippen LogP contribution is 2.25. The van der Waals surface area contributed by atoms with Gasteiger partial charge < -0.3 is 9.47 Å². The van der Waals surface area contributed by atoms with Crippen LogP contribution >= 0.6 is 11.6 Å². The fourth-order valence-electron chi connectivity index (χ4n) is 3.41. The quantitative estimate of drug-likeness (QED) is 0.384. The number of hydrogen-bond donors (Lipinski definition) is 0. The maximum Gasteiger partial charge on any atom is 0.341 e. The highest BCUT2D eigenvalue weighted by molar-refractivity contribution is 6.32. The van der Waals surface area contributed by atoms with Crippen LogP contribution < -0.4 is 4.74 Å². The van der Waals surface area contributed by atoms with Crippen LogP contribution in [0.5, 0.6) is 5.88 Å². The molecule has 1 saturated carbocycles. The molecule has 0 aromatic carbocycles. The normalized spacial score (nSPS) is 15.3. The molecule has 0 unspecified atom stereocenters. The van der Waals surface area contributed by atoms with Crippen LogP contribution in [0.4, 0.5) is 0 Å². The third kappa shape index (κ3) is 5.45. The lowest BCUT2D eigenvalue weighted by atomic mass is 9.97. The SMILES string of the molecule is CCOC(=O)c1ccc(-n2ccc(OCCC3CCCCCC3)n2)nc1Cl. The Hall–Kier alpha value is -2.08. The first-order valence-corrected chi connectivity index (χ1v) is 10.1. The van der Waals surface area contributed by atoms with Crippen LogP contribution in [0.1, 0.15) is 62.2 Å². The van der Waals surface area contributed by atoms with Gasteiger partial charge in [-0.05, 0) is 31.4 Å². The summed E-state index contributed by atoms with van der Waals surface area (Å²) in [7, 11) is 0. The van der Waals surface area contributed by atoms with Gasteiger partial charge in [0.1, 0.15) is 5.15 Å². The molecule has 0 amide bonds. The minimum absolute atomic E-state index is 0.0947. The van der Waals surface area contributed by atoms with Gasteiger partial charge in [0.05, 0.1) is 18.8 Å². The molecule has 2 aromatic heterocycles. The number of nitrogens with zero attached hydrogens (tertiary/aromatic N) is 3. The van der Waals surface area contributed by atoms with Crippen LogP contribution in [0, 0.1) is 5.92 Å². The molecular weight excluding hydrogens is 366 g/mol. The summed E-state index contributed by atoms with van der Waals surface area (Å²) in [4.78, 5) is 16.0. The summed E-state index contributed by atoms with van der Waals surface area (Å²) in [5, 5.41) is 4.49. The Morgan fingerprint density at radius 2 is 2.00 bits per heavy atom. The molecule has 2 aromatic rings. The van der Waals surface area contributed by atoms with Crippen LogP contribution in [0.15, 0.2) is 24.4 Å². The van der Waals surface area contributed by atoms with E-state index in [1.165, 1.54) is 38.5 Å². The third-order valence-corrected chi connectivity index (χ3v) is 5.17. The zero-order valence-corrected chi connectivity index (χ0v) is 16.5. The molecule has 146 valence electrons. The third-order valence-electron chi connectivity index (χ3n) is 4.88. The van der Waals surface area contributed by atoms with Crippen molar-refractivity contribution in [1.29, 1.82) is 0 Å². The lowest BCUT2D eigenvalue weighted by Crippen LogP contribution is -2.08. The fourth-order valence-corrected chi connectivity index (χ4v) is 3.63. The van der Waals surface area contributed by atoms with E-state index in [-0.39, 0.29) is 17.3 Å². The molecule has 2 heterocycles. The average Bonchev–Trinajstić information content (AvgIpc) is 2.97. The van der Waals surface area contributed by atoms with Crippen molar-refractivity contribution < 1.29 is 14.3 Å². The maximum absolute atomic E-state index is 11.8. The highest BCUT2D eigenvalue weighted by atomic mass is 35.5. The summed E-state index contributed by atoms with van der Waals surface area (Å²) >= 11 is 6.12. The molecule has 0 atom stereocenters. The molecule has 0 radical (unpaired) electrons. The van der Waals surface area contributed by atoms with E-state index >= 15 is 0 Å². The Labute approximate surface area is 164 Å². The summed E-state index contributed by atoms with van der Waals surface area (Å²) in [5.41, 5.74) is 0.245. The van der Waals surface area contributed by atoms with E-state index in [4.69, 9.17) is 21.1 Å². The van der Waals surface area contributed by atoms with Crippen molar-refractivity contribution in [2.75, 3.05) is 13.2 Å². The lowest BCUT2D eigenvalue weighted by Gasteiger charge is -2.13. The molecule has 1 aliphatic rings. The Morgan fingerprint density at radius 1 is 1.22 bits per heavy atom. The van der Waals surface area contributed by atoms with Crippen LogP contribution in [0.25, 0.3) is 5.82 Å². The van der Waals surface area contributed by atoms with E-state index < -0.39 is 5.97 Å². The lowest BCUT2D eigenvalue weighted by molar-refractivity contribution is 0.0526. The fraction of sp³-hybridized carbons (Fsp3) is 0.550. The number of aromatic nitrogens is 3. The molecular formula is C20H26ClN3O3. The Kier molecular flexibility index (Phi) is 7.10. The Bertz CT molecular complexity index is 755. The number of halogens is 1. The predicted octanol–water partition coefficient (Wildman–Crippen LogP) is 4.84. The monoisotopic (exact) mass is 391 g/mol. The molecule has 0 spiro atoms. The minimum Gasteiger partial charge on any atom is -0.477 e. The van der Waals surface area contributed by atoms with Gasteiger partial charge in [0.2, 0.25) is 5.88 Å². The second kappa shape index (κ2) is 9.74. The van der Waals surface area contributed by atoms with Gasteiger partial charge in [-0.15, -0.1) is 5.10 Å². The molecule has 3 rings (SSSR count). The van der Waals surface area contributed by atoms with E-state index in [1.54, 1.807) is 29.9 Å². The second-order valence-electron chi connectivity index (χ2n) is 6.82.